The molecule has 1 unspecified atom stereocenters. The van der Waals surface area contributed by atoms with Gasteiger partial charge >= 0.3 is 5.97 Å². The highest BCUT2D eigenvalue weighted by molar-refractivity contribution is 5.78. The van der Waals surface area contributed by atoms with E-state index in [1.54, 1.807) is 6.92 Å². The Morgan fingerprint density at radius 2 is 1.94 bits per heavy atom. The second-order valence-electron chi connectivity index (χ2n) is 4.67. The van der Waals surface area contributed by atoms with Crippen LogP contribution in [0.25, 0.3) is 0 Å². The van der Waals surface area contributed by atoms with Crippen LogP contribution in [0.2, 0.25) is 0 Å². The van der Waals surface area contributed by atoms with Crippen LogP contribution in [0.3, 0.4) is 0 Å². The third-order valence-electron chi connectivity index (χ3n) is 3.30. The third-order valence-corrected chi connectivity index (χ3v) is 3.30. The minimum atomic E-state index is -0.787. The summed E-state index contributed by atoms with van der Waals surface area (Å²) in [7, 11) is 1.87. The Kier molecular flexibility index (Phi) is 4.70. The van der Waals surface area contributed by atoms with Crippen molar-refractivity contribution in [3.8, 4) is 0 Å². The van der Waals surface area contributed by atoms with Gasteiger partial charge in [-0.05, 0) is 26.0 Å². The van der Waals surface area contributed by atoms with Crippen LogP contribution in [0.4, 0.5) is 0 Å². The zero-order valence-corrected chi connectivity index (χ0v) is 10.8. The number of carboxylic acids is 1. The molecule has 1 aromatic carbocycles. The molecule has 0 aliphatic carbocycles. The summed E-state index contributed by atoms with van der Waals surface area (Å²) in [4.78, 5) is 13.3. The van der Waals surface area contributed by atoms with Crippen molar-refractivity contribution >= 4 is 5.97 Å². The second kappa shape index (κ2) is 5.82. The van der Waals surface area contributed by atoms with Gasteiger partial charge < -0.3 is 5.11 Å². The van der Waals surface area contributed by atoms with Gasteiger partial charge in [0.1, 0.15) is 5.54 Å². The van der Waals surface area contributed by atoms with Crippen molar-refractivity contribution in [2.24, 2.45) is 0 Å². The molecule has 0 heterocycles. The smallest absolute Gasteiger partial charge is 0.323 e. The third kappa shape index (κ3) is 3.30. The van der Waals surface area contributed by atoms with E-state index in [0.29, 0.717) is 13.0 Å². The standard InChI is InChI=1S/C14H21NO2/c1-4-10-14(2,13(16)17)15(3)11-12-8-6-5-7-9-12/h5-9H,4,10-11H2,1-3H3,(H,16,17). The lowest BCUT2D eigenvalue weighted by molar-refractivity contribution is -0.150. The highest BCUT2D eigenvalue weighted by Gasteiger charge is 2.36. The Hall–Kier alpha value is -1.35. The van der Waals surface area contributed by atoms with Gasteiger partial charge in [-0.25, -0.2) is 0 Å². The molecule has 0 amide bonds. The van der Waals surface area contributed by atoms with E-state index in [1.165, 1.54) is 0 Å². The van der Waals surface area contributed by atoms with E-state index in [0.717, 1.165) is 12.0 Å². The van der Waals surface area contributed by atoms with E-state index in [1.807, 2.05) is 49.2 Å². The maximum absolute atomic E-state index is 11.4. The summed E-state index contributed by atoms with van der Waals surface area (Å²) in [5.74, 6) is -0.752. The van der Waals surface area contributed by atoms with Gasteiger partial charge in [-0.1, -0.05) is 43.7 Å². The normalized spacial score (nSPS) is 14.6. The van der Waals surface area contributed by atoms with E-state index in [-0.39, 0.29) is 0 Å². The minimum absolute atomic E-state index is 0.656. The lowest BCUT2D eigenvalue weighted by Crippen LogP contribution is -2.49. The monoisotopic (exact) mass is 235 g/mol. The van der Waals surface area contributed by atoms with Crippen LogP contribution in [0.1, 0.15) is 32.3 Å². The summed E-state index contributed by atoms with van der Waals surface area (Å²) in [6.45, 7) is 4.46. The van der Waals surface area contributed by atoms with Crippen molar-refractivity contribution in [3.05, 3.63) is 35.9 Å². The largest absolute Gasteiger partial charge is 0.480 e. The van der Waals surface area contributed by atoms with E-state index in [9.17, 15) is 9.90 Å². The van der Waals surface area contributed by atoms with Gasteiger partial charge in [0, 0.05) is 6.54 Å². The summed E-state index contributed by atoms with van der Waals surface area (Å²) >= 11 is 0. The zero-order chi connectivity index (χ0) is 12.9. The average molecular weight is 235 g/mol. The second-order valence-corrected chi connectivity index (χ2v) is 4.67. The molecule has 1 atom stereocenters. The van der Waals surface area contributed by atoms with Crippen LogP contribution in [0, 0.1) is 0 Å². The fourth-order valence-electron chi connectivity index (χ4n) is 1.98. The molecule has 0 spiro atoms. The van der Waals surface area contributed by atoms with Crippen molar-refractivity contribution < 1.29 is 9.90 Å². The summed E-state index contributed by atoms with van der Waals surface area (Å²) in [6, 6.07) is 9.95. The Morgan fingerprint density at radius 1 is 1.35 bits per heavy atom. The molecular weight excluding hydrogens is 214 g/mol. The van der Waals surface area contributed by atoms with Crippen molar-refractivity contribution in [1.82, 2.24) is 4.90 Å². The highest BCUT2D eigenvalue weighted by Crippen LogP contribution is 2.22. The van der Waals surface area contributed by atoms with Crippen LogP contribution in [0.5, 0.6) is 0 Å². The van der Waals surface area contributed by atoms with E-state index in [4.69, 9.17) is 0 Å². The number of hydrogen-bond acceptors (Lipinski definition) is 2. The van der Waals surface area contributed by atoms with Crippen molar-refractivity contribution in [2.75, 3.05) is 7.05 Å². The predicted octanol–water partition coefficient (Wildman–Crippen LogP) is 2.76. The summed E-state index contributed by atoms with van der Waals surface area (Å²) in [6.07, 6.45) is 1.52. The van der Waals surface area contributed by atoms with Crippen LogP contribution in [-0.2, 0) is 11.3 Å². The molecule has 17 heavy (non-hydrogen) atoms. The topological polar surface area (TPSA) is 40.5 Å². The maximum atomic E-state index is 11.4. The predicted molar refractivity (Wildman–Crippen MR) is 68.9 cm³/mol. The minimum Gasteiger partial charge on any atom is -0.480 e. The zero-order valence-electron chi connectivity index (χ0n) is 10.8. The molecule has 0 aromatic heterocycles. The van der Waals surface area contributed by atoms with Crippen molar-refractivity contribution in [2.45, 2.75) is 38.8 Å². The molecule has 0 saturated carbocycles. The van der Waals surface area contributed by atoms with Crippen LogP contribution >= 0.6 is 0 Å². The van der Waals surface area contributed by atoms with Crippen LogP contribution in [-0.4, -0.2) is 28.6 Å². The van der Waals surface area contributed by atoms with Gasteiger partial charge in [0.25, 0.3) is 0 Å². The van der Waals surface area contributed by atoms with Gasteiger partial charge in [-0.15, -0.1) is 0 Å². The molecule has 0 bridgehead atoms. The quantitative estimate of drug-likeness (QED) is 0.824. The number of likely N-dealkylation sites (N-methyl/N-ethyl adjacent to an activating group) is 1. The molecule has 1 N–H and O–H groups in total. The first-order valence-electron chi connectivity index (χ1n) is 5.99. The molecular formula is C14H21NO2. The van der Waals surface area contributed by atoms with Crippen molar-refractivity contribution in [3.63, 3.8) is 0 Å². The molecule has 1 rings (SSSR count). The van der Waals surface area contributed by atoms with Gasteiger partial charge in [-0.3, -0.25) is 9.69 Å². The number of benzene rings is 1. The van der Waals surface area contributed by atoms with Crippen LogP contribution < -0.4 is 0 Å². The Bertz CT molecular complexity index is 364. The molecule has 0 aliphatic rings. The first kappa shape index (κ1) is 13.7. The number of aliphatic carboxylic acids is 1. The van der Waals surface area contributed by atoms with Crippen molar-refractivity contribution in [1.29, 1.82) is 0 Å². The van der Waals surface area contributed by atoms with Gasteiger partial charge in [0.05, 0.1) is 0 Å². The van der Waals surface area contributed by atoms with E-state index >= 15 is 0 Å². The average Bonchev–Trinajstić information content (AvgIpc) is 2.30. The Morgan fingerprint density at radius 3 is 2.41 bits per heavy atom. The summed E-state index contributed by atoms with van der Waals surface area (Å²) in [5, 5.41) is 9.37. The number of nitrogens with zero attached hydrogens (tertiary/aromatic N) is 1. The molecule has 3 nitrogen and oxygen atoms in total. The molecule has 0 fully saturated rings. The maximum Gasteiger partial charge on any atom is 0.323 e. The lowest BCUT2D eigenvalue weighted by Gasteiger charge is -2.35. The lowest BCUT2D eigenvalue weighted by atomic mass is 9.94. The Balaban J connectivity index is 2.79. The fourth-order valence-corrected chi connectivity index (χ4v) is 1.98. The fraction of sp³-hybridized carbons (Fsp3) is 0.500. The molecule has 94 valence electrons. The van der Waals surface area contributed by atoms with Crippen LogP contribution in [0.15, 0.2) is 30.3 Å². The highest BCUT2D eigenvalue weighted by atomic mass is 16.4. The number of carbonyl (C=O) groups is 1. The molecule has 3 heteroatoms. The molecule has 0 radical (unpaired) electrons. The SMILES string of the molecule is CCCC(C)(C(=O)O)N(C)Cc1ccccc1. The first-order chi connectivity index (χ1) is 8.00. The first-order valence-corrected chi connectivity index (χ1v) is 5.99. The number of hydrogen-bond donors (Lipinski definition) is 1. The molecule has 0 saturated heterocycles. The number of carboxylic acid groups (broad SMARTS) is 1. The summed E-state index contributed by atoms with van der Waals surface area (Å²) < 4.78 is 0. The van der Waals surface area contributed by atoms with E-state index < -0.39 is 11.5 Å². The Labute approximate surface area is 103 Å². The molecule has 0 aliphatic heterocycles. The van der Waals surface area contributed by atoms with E-state index in [2.05, 4.69) is 0 Å². The van der Waals surface area contributed by atoms with Gasteiger partial charge in [-0.2, -0.15) is 0 Å². The van der Waals surface area contributed by atoms with Gasteiger partial charge in [0.2, 0.25) is 0 Å². The number of rotatable bonds is 6. The van der Waals surface area contributed by atoms with Gasteiger partial charge in [0.15, 0.2) is 0 Å². The summed E-state index contributed by atoms with van der Waals surface area (Å²) in [5.41, 5.74) is 0.350. The molecule has 1 aromatic rings.